The molecule has 1 saturated carbocycles. The summed E-state index contributed by atoms with van der Waals surface area (Å²) in [7, 11) is 0. The predicted molar refractivity (Wildman–Crippen MR) is 131 cm³/mol. The first kappa shape index (κ1) is 29.2. The van der Waals surface area contributed by atoms with Crippen LogP contribution >= 0.6 is 0 Å². The first-order chi connectivity index (χ1) is 16.2. The molecule has 0 spiro atoms. The van der Waals surface area contributed by atoms with E-state index in [9.17, 15) is 24.0 Å². The summed E-state index contributed by atoms with van der Waals surface area (Å²) in [5, 5.41) is 0. The van der Waals surface area contributed by atoms with E-state index in [0.29, 0.717) is 18.8 Å². The Morgan fingerprint density at radius 2 is 1.66 bits per heavy atom. The van der Waals surface area contributed by atoms with Crippen LogP contribution in [-0.4, -0.2) is 42.0 Å². The van der Waals surface area contributed by atoms with Gasteiger partial charge in [0.05, 0.1) is 0 Å². The maximum atomic E-state index is 14.0. The van der Waals surface area contributed by atoms with Gasteiger partial charge in [-0.2, -0.15) is 0 Å². The van der Waals surface area contributed by atoms with Crippen LogP contribution in [0.3, 0.4) is 0 Å². The lowest BCUT2D eigenvalue weighted by molar-refractivity contribution is -0.177. The molecule has 7 heteroatoms. The summed E-state index contributed by atoms with van der Waals surface area (Å²) in [5.41, 5.74) is -2.20. The highest BCUT2D eigenvalue weighted by atomic mass is 16.6. The lowest BCUT2D eigenvalue weighted by atomic mass is 9.67. The van der Waals surface area contributed by atoms with Crippen molar-refractivity contribution in [3.05, 3.63) is 0 Å². The summed E-state index contributed by atoms with van der Waals surface area (Å²) in [4.78, 5) is 64.0. The van der Waals surface area contributed by atoms with Gasteiger partial charge in [-0.3, -0.25) is 9.59 Å². The number of carbonyl (C=O) groups is 5. The number of ketones is 3. The van der Waals surface area contributed by atoms with Gasteiger partial charge in [0.25, 0.3) is 0 Å². The van der Waals surface area contributed by atoms with E-state index in [1.165, 1.54) is 13.8 Å². The minimum Gasteiger partial charge on any atom is -0.462 e. The molecule has 198 valence electrons. The van der Waals surface area contributed by atoms with Crippen LogP contribution in [0.1, 0.15) is 99.8 Å². The van der Waals surface area contributed by atoms with Gasteiger partial charge in [-0.15, -0.1) is 0 Å². The first-order valence-electron chi connectivity index (χ1n) is 13.1. The normalized spacial score (nSPS) is 28.7. The topological polar surface area (TPSA) is 104 Å². The van der Waals surface area contributed by atoms with Gasteiger partial charge >= 0.3 is 11.9 Å². The third-order valence-corrected chi connectivity index (χ3v) is 7.93. The predicted octanol–water partition coefficient (Wildman–Crippen LogP) is 4.87. The van der Waals surface area contributed by atoms with Crippen molar-refractivity contribution in [1.29, 1.82) is 0 Å². The molecule has 0 aromatic carbocycles. The SMILES string of the molecule is CC(=O)CCC1C[C@H]([C@H](C)CCCC(C)C)[C@](CCC(C)=O)(C(=O)O[C@H]2C(=O)OCC2(C)C)C1=O. The second-order valence-corrected chi connectivity index (χ2v) is 12.0. The van der Waals surface area contributed by atoms with Crippen molar-refractivity contribution in [2.24, 2.45) is 34.5 Å². The van der Waals surface area contributed by atoms with E-state index in [-0.39, 0.29) is 55.1 Å². The minimum absolute atomic E-state index is 0.00130. The Bertz CT molecular complexity index is 827. The molecule has 1 heterocycles. The second-order valence-electron chi connectivity index (χ2n) is 12.0. The first-order valence-corrected chi connectivity index (χ1v) is 13.1. The van der Waals surface area contributed by atoms with E-state index in [1.807, 2.05) is 0 Å². The largest absolute Gasteiger partial charge is 0.462 e. The molecule has 0 aromatic heterocycles. The van der Waals surface area contributed by atoms with Crippen LogP contribution in [0.25, 0.3) is 0 Å². The highest BCUT2D eigenvalue weighted by molar-refractivity contribution is 6.08. The van der Waals surface area contributed by atoms with Crippen LogP contribution < -0.4 is 0 Å². The Balaban J connectivity index is 2.45. The number of esters is 2. The quantitative estimate of drug-likeness (QED) is 0.267. The van der Waals surface area contributed by atoms with Crippen LogP contribution in [0.2, 0.25) is 0 Å². The number of hydrogen-bond acceptors (Lipinski definition) is 7. The van der Waals surface area contributed by atoms with E-state index in [2.05, 4.69) is 20.8 Å². The average Bonchev–Trinajstić information content (AvgIpc) is 3.18. The van der Waals surface area contributed by atoms with Crippen molar-refractivity contribution in [1.82, 2.24) is 0 Å². The number of cyclic esters (lactones) is 1. The fourth-order valence-electron chi connectivity index (χ4n) is 5.74. The van der Waals surface area contributed by atoms with Gasteiger partial charge in [-0.1, -0.05) is 53.9 Å². The summed E-state index contributed by atoms with van der Waals surface area (Å²) >= 11 is 0. The molecule has 0 aromatic rings. The van der Waals surface area contributed by atoms with E-state index in [0.717, 1.165) is 19.3 Å². The highest BCUT2D eigenvalue weighted by Crippen LogP contribution is 2.53. The fourth-order valence-corrected chi connectivity index (χ4v) is 5.74. The zero-order valence-electron chi connectivity index (χ0n) is 22.6. The number of hydrogen-bond donors (Lipinski definition) is 0. The van der Waals surface area contributed by atoms with Crippen LogP contribution in [-0.2, 0) is 33.4 Å². The van der Waals surface area contributed by atoms with E-state index in [4.69, 9.17) is 9.47 Å². The molecule has 0 amide bonds. The molecule has 7 nitrogen and oxygen atoms in total. The van der Waals surface area contributed by atoms with Crippen LogP contribution in [0.4, 0.5) is 0 Å². The molecule has 5 atom stereocenters. The average molecular weight is 493 g/mol. The summed E-state index contributed by atoms with van der Waals surface area (Å²) < 4.78 is 11.0. The minimum atomic E-state index is -1.50. The molecule has 0 bridgehead atoms. The monoisotopic (exact) mass is 492 g/mol. The molecule has 1 saturated heterocycles. The summed E-state index contributed by atoms with van der Waals surface area (Å²) in [6.45, 7) is 13.0. The van der Waals surface area contributed by atoms with Gasteiger partial charge in [0.15, 0.2) is 5.78 Å². The molecule has 1 unspecified atom stereocenters. The second kappa shape index (κ2) is 11.8. The van der Waals surface area contributed by atoms with Gasteiger partial charge < -0.3 is 19.1 Å². The highest BCUT2D eigenvalue weighted by Gasteiger charge is 2.62. The standard InChI is InChI=1S/C28H44O7/c1-17(2)9-8-10-18(3)22-15-21(12-11-19(4)29)23(31)28(22,14-13-20(5)30)26(33)35-24-25(32)34-16-27(24,6)7/h17-18,21-22,24H,8-16H2,1-7H3/t18-,21?,22-,24+,28+/m1/s1. The zero-order valence-corrected chi connectivity index (χ0v) is 22.6. The summed E-state index contributed by atoms with van der Waals surface area (Å²) in [5.74, 6) is -1.83. The molecule has 2 rings (SSSR count). The number of ether oxygens (including phenoxy) is 2. The zero-order chi connectivity index (χ0) is 26.6. The Morgan fingerprint density at radius 1 is 1.03 bits per heavy atom. The summed E-state index contributed by atoms with van der Waals surface area (Å²) in [6.07, 6.45) is 3.06. The number of rotatable bonds is 13. The van der Waals surface area contributed by atoms with Crippen molar-refractivity contribution in [3.63, 3.8) is 0 Å². The lowest BCUT2D eigenvalue weighted by Crippen LogP contribution is -2.48. The third kappa shape index (κ3) is 6.79. The van der Waals surface area contributed by atoms with Crippen LogP contribution in [0.15, 0.2) is 0 Å². The molecule has 1 aliphatic carbocycles. The molecule has 0 radical (unpaired) electrons. The van der Waals surface area contributed by atoms with Gasteiger partial charge in [-0.05, 0) is 50.9 Å². The number of carbonyl (C=O) groups excluding carboxylic acids is 5. The van der Waals surface area contributed by atoms with E-state index in [1.54, 1.807) is 13.8 Å². The maximum Gasteiger partial charge on any atom is 0.348 e. The Morgan fingerprint density at radius 3 is 2.17 bits per heavy atom. The van der Waals surface area contributed by atoms with Crippen molar-refractivity contribution >= 4 is 29.3 Å². The fraction of sp³-hybridized carbons (Fsp3) is 0.821. The Hall–Kier alpha value is -2.05. The van der Waals surface area contributed by atoms with Gasteiger partial charge in [-0.25, -0.2) is 4.79 Å². The molecule has 0 N–H and O–H groups in total. The van der Waals surface area contributed by atoms with Crippen LogP contribution in [0.5, 0.6) is 0 Å². The smallest absolute Gasteiger partial charge is 0.348 e. The van der Waals surface area contributed by atoms with Crippen molar-refractivity contribution in [2.75, 3.05) is 6.61 Å². The molecule has 2 fully saturated rings. The number of Topliss-reactive ketones (excluding diaryl/α,β-unsaturated/α-hetero) is 3. The maximum absolute atomic E-state index is 14.0. The van der Waals surface area contributed by atoms with Crippen molar-refractivity contribution < 1.29 is 33.4 Å². The van der Waals surface area contributed by atoms with Crippen LogP contribution in [0, 0.1) is 34.5 Å². The van der Waals surface area contributed by atoms with Crippen molar-refractivity contribution in [2.45, 2.75) is 106 Å². The third-order valence-electron chi connectivity index (χ3n) is 7.93. The lowest BCUT2D eigenvalue weighted by Gasteiger charge is -2.37. The van der Waals surface area contributed by atoms with E-state index < -0.39 is 34.8 Å². The van der Waals surface area contributed by atoms with E-state index >= 15 is 0 Å². The summed E-state index contributed by atoms with van der Waals surface area (Å²) in [6, 6.07) is 0. The Labute approximate surface area is 210 Å². The van der Waals surface area contributed by atoms with Gasteiger partial charge in [0.1, 0.15) is 23.6 Å². The van der Waals surface area contributed by atoms with Gasteiger partial charge in [0, 0.05) is 24.2 Å². The Kier molecular flexibility index (Phi) is 9.83. The molecular weight excluding hydrogens is 448 g/mol. The molecule has 1 aliphatic heterocycles. The molecule has 35 heavy (non-hydrogen) atoms. The molecule has 2 aliphatic rings. The van der Waals surface area contributed by atoms with Crippen molar-refractivity contribution in [3.8, 4) is 0 Å². The van der Waals surface area contributed by atoms with Gasteiger partial charge in [0.2, 0.25) is 6.10 Å². The molecular formula is C28H44O7.